The van der Waals surface area contributed by atoms with Gasteiger partial charge in [-0.3, -0.25) is 15.5 Å². The van der Waals surface area contributed by atoms with E-state index in [9.17, 15) is 22.9 Å². The predicted molar refractivity (Wildman–Crippen MR) is 127 cm³/mol. The van der Waals surface area contributed by atoms with Crippen LogP contribution in [0.2, 0.25) is 5.15 Å². The topological polar surface area (TPSA) is 132 Å². The monoisotopic (exact) mass is 522 g/mol. The lowest BCUT2D eigenvalue weighted by molar-refractivity contribution is -0.384. The van der Waals surface area contributed by atoms with Crippen LogP contribution in [-0.4, -0.2) is 59.9 Å². The molecule has 4 rings (SSSR count). The molecule has 14 heteroatoms. The Kier molecular flexibility index (Phi) is 7.12. The first-order chi connectivity index (χ1) is 16.7. The smallest absolute Gasteiger partial charge is 0.295 e. The lowest BCUT2D eigenvalue weighted by atomic mass is 10.3. The summed E-state index contributed by atoms with van der Waals surface area (Å²) in [5, 5.41) is 20.2. The largest absolute Gasteiger partial charge is 0.379 e. The molecule has 184 valence electrons. The molecule has 0 radical (unpaired) electrons. The number of hydrogen-bond donors (Lipinski definition) is 1. The summed E-state index contributed by atoms with van der Waals surface area (Å²) in [7, 11) is -3.91. The first kappa shape index (κ1) is 24.7. The molecule has 1 aliphatic heterocycles. The summed E-state index contributed by atoms with van der Waals surface area (Å²) >= 11 is 6.41. The second kappa shape index (κ2) is 10.1. The molecule has 2 aromatic carbocycles. The van der Waals surface area contributed by atoms with Crippen LogP contribution in [0.3, 0.4) is 0 Å². The van der Waals surface area contributed by atoms with Crippen molar-refractivity contribution in [3.05, 3.63) is 74.8 Å². The molecule has 0 aliphatic carbocycles. The van der Waals surface area contributed by atoms with Gasteiger partial charge in [-0.25, -0.2) is 17.5 Å². The van der Waals surface area contributed by atoms with Crippen LogP contribution in [0.15, 0.2) is 52.5 Å². The Bertz CT molecular complexity index is 1390. The third-order valence-electron chi connectivity index (χ3n) is 5.27. The molecule has 1 aromatic heterocycles. The van der Waals surface area contributed by atoms with E-state index in [0.717, 1.165) is 6.07 Å². The average molecular weight is 523 g/mol. The SMILES string of the molecule is Cc1nn(-c2ccc(F)cc2)c(Cl)c1/C=N\Nc1ccc(S(=O)(=O)N2CCOCC2)cc1[N+](=O)[O-]. The number of nitro benzene ring substituents is 1. The molecule has 0 bridgehead atoms. The zero-order valence-electron chi connectivity index (χ0n) is 18.4. The van der Waals surface area contributed by atoms with Crippen LogP contribution in [0.1, 0.15) is 11.3 Å². The fourth-order valence-corrected chi connectivity index (χ4v) is 5.18. The number of nitrogens with zero attached hydrogens (tertiary/aromatic N) is 5. The van der Waals surface area contributed by atoms with Crippen molar-refractivity contribution in [1.29, 1.82) is 0 Å². The van der Waals surface area contributed by atoms with Crippen molar-refractivity contribution in [1.82, 2.24) is 14.1 Å². The van der Waals surface area contributed by atoms with Gasteiger partial charge in [0.1, 0.15) is 16.7 Å². The Labute approximate surface area is 205 Å². The molecular formula is C21H20ClFN6O5S. The highest BCUT2D eigenvalue weighted by Crippen LogP contribution is 2.29. The minimum Gasteiger partial charge on any atom is -0.379 e. The third-order valence-corrected chi connectivity index (χ3v) is 7.53. The van der Waals surface area contributed by atoms with E-state index in [1.54, 1.807) is 6.92 Å². The van der Waals surface area contributed by atoms with Crippen LogP contribution in [0, 0.1) is 22.9 Å². The maximum absolute atomic E-state index is 13.2. The van der Waals surface area contributed by atoms with E-state index < -0.39 is 26.5 Å². The van der Waals surface area contributed by atoms with Crippen LogP contribution in [-0.2, 0) is 14.8 Å². The minimum absolute atomic E-state index is 0.00752. The third kappa shape index (κ3) is 5.17. The van der Waals surface area contributed by atoms with Gasteiger partial charge in [0.25, 0.3) is 5.69 Å². The van der Waals surface area contributed by atoms with Gasteiger partial charge in [-0.15, -0.1) is 0 Å². The fourth-order valence-electron chi connectivity index (χ4n) is 3.43. The predicted octanol–water partition coefficient (Wildman–Crippen LogP) is 3.35. The molecule has 1 fully saturated rings. The van der Waals surface area contributed by atoms with Crippen LogP contribution < -0.4 is 5.43 Å². The Morgan fingerprint density at radius 3 is 2.57 bits per heavy atom. The molecule has 1 saturated heterocycles. The second-order valence-corrected chi connectivity index (χ2v) is 9.80. The van der Waals surface area contributed by atoms with Crippen molar-refractivity contribution in [2.24, 2.45) is 5.10 Å². The van der Waals surface area contributed by atoms with E-state index in [-0.39, 0.29) is 42.0 Å². The number of ether oxygens (including phenoxy) is 1. The maximum atomic E-state index is 13.2. The number of sulfonamides is 1. The van der Waals surface area contributed by atoms with Crippen LogP contribution in [0.4, 0.5) is 15.8 Å². The zero-order valence-corrected chi connectivity index (χ0v) is 20.0. The standard InChI is InChI=1S/C21H20ClFN6O5S/c1-14-18(21(22)28(26-14)16-4-2-15(23)3-5-16)13-24-25-19-7-6-17(12-20(19)29(30)31)35(32,33)27-8-10-34-11-9-27/h2-7,12-13,25H,8-11H2,1H3/b24-13-. The number of rotatable bonds is 7. The molecule has 3 aromatic rings. The molecule has 0 saturated carbocycles. The Hall–Kier alpha value is -3.39. The van der Waals surface area contributed by atoms with E-state index >= 15 is 0 Å². The van der Waals surface area contributed by atoms with Crippen molar-refractivity contribution >= 4 is 39.2 Å². The summed E-state index contributed by atoms with van der Waals surface area (Å²) < 4.78 is 46.7. The Morgan fingerprint density at radius 1 is 1.23 bits per heavy atom. The summed E-state index contributed by atoms with van der Waals surface area (Å²) in [6.07, 6.45) is 1.34. The second-order valence-electron chi connectivity index (χ2n) is 7.50. The van der Waals surface area contributed by atoms with Crippen molar-refractivity contribution in [2.45, 2.75) is 11.8 Å². The van der Waals surface area contributed by atoms with Crippen LogP contribution in [0.25, 0.3) is 5.69 Å². The molecule has 0 spiro atoms. The molecule has 35 heavy (non-hydrogen) atoms. The van der Waals surface area contributed by atoms with Crippen molar-refractivity contribution in [2.75, 3.05) is 31.7 Å². The van der Waals surface area contributed by atoms with E-state index in [1.807, 2.05) is 0 Å². The lowest BCUT2D eigenvalue weighted by Crippen LogP contribution is -2.40. The van der Waals surface area contributed by atoms with E-state index in [0.29, 0.717) is 16.9 Å². The molecule has 1 N–H and O–H groups in total. The summed E-state index contributed by atoms with van der Waals surface area (Å²) in [6, 6.07) is 9.14. The number of anilines is 1. The lowest BCUT2D eigenvalue weighted by Gasteiger charge is -2.26. The number of nitro groups is 1. The number of nitrogens with one attached hydrogen (secondary N) is 1. The highest BCUT2D eigenvalue weighted by molar-refractivity contribution is 7.89. The van der Waals surface area contributed by atoms with Gasteiger partial charge in [0, 0.05) is 19.2 Å². The van der Waals surface area contributed by atoms with Gasteiger partial charge in [0.2, 0.25) is 10.0 Å². The van der Waals surface area contributed by atoms with Crippen molar-refractivity contribution in [3.8, 4) is 5.69 Å². The van der Waals surface area contributed by atoms with Crippen molar-refractivity contribution in [3.63, 3.8) is 0 Å². The maximum Gasteiger partial charge on any atom is 0.295 e. The Morgan fingerprint density at radius 2 is 1.91 bits per heavy atom. The van der Waals surface area contributed by atoms with Gasteiger partial charge >= 0.3 is 0 Å². The first-order valence-corrected chi connectivity index (χ1v) is 12.2. The van der Waals surface area contributed by atoms with Gasteiger partial charge in [0.15, 0.2) is 0 Å². The normalized spacial score (nSPS) is 14.9. The van der Waals surface area contributed by atoms with Gasteiger partial charge in [0.05, 0.1) is 46.2 Å². The molecule has 0 unspecified atom stereocenters. The Balaban J connectivity index is 1.57. The highest BCUT2D eigenvalue weighted by atomic mass is 35.5. The molecule has 0 amide bonds. The number of halogens is 2. The fraction of sp³-hybridized carbons (Fsp3) is 0.238. The summed E-state index contributed by atoms with van der Waals surface area (Å²) in [4.78, 5) is 10.7. The van der Waals surface area contributed by atoms with Crippen LogP contribution in [0.5, 0.6) is 0 Å². The zero-order chi connectivity index (χ0) is 25.2. The van der Waals surface area contributed by atoms with Gasteiger partial charge in [-0.2, -0.15) is 14.5 Å². The van der Waals surface area contributed by atoms with E-state index in [1.165, 1.54) is 51.6 Å². The summed E-state index contributed by atoms with van der Waals surface area (Å²) in [6.45, 7) is 2.56. The number of hydrazone groups is 1. The number of morpholine rings is 1. The van der Waals surface area contributed by atoms with Gasteiger partial charge < -0.3 is 4.74 Å². The number of benzene rings is 2. The number of aryl methyl sites for hydroxylation is 1. The number of hydrogen-bond acceptors (Lipinski definition) is 8. The van der Waals surface area contributed by atoms with E-state index in [2.05, 4.69) is 15.6 Å². The highest BCUT2D eigenvalue weighted by Gasteiger charge is 2.29. The van der Waals surface area contributed by atoms with Crippen molar-refractivity contribution < 1.29 is 22.5 Å². The molecule has 2 heterocycles. The summed E-state index contributed by atoms with van der Waals surface area (Å²) in [5.74, 6) is -0.398. The molecular weight excluding hydrogens is 503 g/mol. The molecule has 11 nitrogen and oxygen atoms in total. The van der Waals surface area contributed by atoms with E-state index in [4.69, 9.17) is 16.3 Å². The van der Waals surface area contributed by atoms with Gasteiger partial charge in [-0.1, -0.05) is 11.6 Å². The quantitative estimate of drug-likeness (QED) is 0.286. The first-order valence-electron chi connectivity index (χ1n) is 10.3. The van der Waals surface area contributed by atoms with Crippen LogP contribution >= 0.6 is 11.6 Å². The van der Waals surface area contributed by atoms with Gasteiger partial charge in [-0.05, 0) is 43.3 Å². The molecule has 1 aliphatic rings. The minimum atomic E-state index is -3.91. The summed E-state index contributed by atoms with van der Waals surface area (Å²) in [5.41, 5.74) is 3.61. The number of aromatic nitrogens is 2. The average Bonchev–Trinajstić information content (AvgIpc) is 3.13. The molecule has 0 atom stereocenters.